The first-order chi connectivity index (χ1) is 26.2. The number of hydrogen-bond donors (Lipinski definition) is 0. The van der Waals surface area contributed by atoms with Gasteiger partial charge in [0.1, 0.15) is 0 Å². The Morgan fingerprint density at radius 1 is 0.315 bits per heavy atom. The van der Waals surface area contributed by atoms with E-state index < -0.39 is 0 Å². The molecule has 7 aromatic carbocycles. The quantitative estimate of drug-likeness (QED) is 0.162. The summed E-state index contributed by atoms with van der Waals surface area (Å²) in [7, 11) is 0. The number of fused-ring (bicyclic) bond motifs is 2. The van der Waals surface area contributed by atoms with Crippen LogP contribution in [0.2, 0.25) is 0 Å². The normalized spacial score (nSPS) is 13.4. The van der Waals surface area contributed by atoms with Gasteiger partial charge in [-0.15, -0.1) is 0 Å². The van der Waals surface area contributed by atoms with Gasteiger partial charge >= 0.3 is 0 Å². The molecule has 0 saturated heterocycles. The zero-order valence-electron chi connectivity index (χ0n) is 29.5. The van der Waals surface area contributed by atoms with Crippen molar-refractivity contribution >= 4 is 35.0 Å². The lowest BCUT2D eigenvalue weighted by molar-refractivity contribution is 0.0910. The van der Waals surface area contributed by atoms with Crippen LogP contribution in [0, 0.1) is 13.8 Å². The third-order valence-electron chi connectivity index (χ3n) is 10.3. The van der Waals surface area contributed by atoms with Crippen LogP contribution in [0.5, 0.6) is 0 Å². The fourth-order valence-electron chi connectivity index (χ4n) is 7.34. The molecule has 6 nitrogen and oxygen atoms in total. The molecule has 0 atom stereocenters. The van der Waals surface area contributed by atoms with Crippen molar-refractivity contribution in [3.05, 3.63) is 191 Å². The van der Waals surface area contributed by atoms with Crippen molar-refractivity contribution in [2.75, 3.05) is 9.80 Å². The van der Waals surface area contributed by atoms with Crippen molar-refractivity contribution in [2.24, 2.45) is 0 Å². The van der Waals surface area contributed by atoms with Crippen molar-refractivity contribution in [1.29, 1.82) is 0 Å². The van der Waals surface area contributed by atoms with Gasteiger partial charge in [0.25, 0.3) is 23.6 Å². The standard InChI is InChI=1S/C48H32N2O4/c1-29-7-11-33(12-8-29)36-21-25-40-42(27-36)47(53)49(45(40)51)38-23-19-32(20-24-38)31-15-17-35(18-16-31)39-5-3-4-6-44(39)50-46(52)41-26-22-37(28-43(41)48(50)54)34-13-9-30(2)10-14-34/h3-28H,1-2H3. The summed E-state index contributed by atoms with van der Waals surface area (Å²) >= 11 is 0. The summed E-state index contributed by atoms with van der Waals surface area (Å²) in [4.78, 5) is 57.0. The number of para-hydroxylation sites is 1. The Morgan fingerprint density at radius 3 is 1.22 bits per heavy atom. The molecule has 0 aromatic heterocycles. The van der Waals surface area contributed by atoms with E-state index in [2.05, 4.69) is 0 Å². The van der Waals surface area contributed by atoms with Gasteiger partial charge in [0.2, 0.25) is 0 Å². The van der Waals surface area contributed by atoms with Crippen molar-refractivity contribution in [2.45, 2.75) is 13.8 Å². The van der Waals surface area contributed by atoms with E-state index in [0.717, 1.165) is 55.6 Å². The fourth-order valence-corrected chi connectivity index (χ4v) is 7.34. The third kappa shape index (κ3) is 5.44. The number of aryl methyl sites for hydroxylation is 2. The molecule has 0 spiro atoms. The lowest BCUT2D eigenvalue weighted by Crippen LogP contribution is -2.29. The average molecular weight is 701 g/mol. The molecule has 2 heterocycles. The second-order valence-corrected chi connectivity index (χ2v) is 13.8. The third-order valence-corrected chi connectivity index (χ3v) is 10.3. The van der Waals surface area contributed by atoms with Gasteiger partial charge in [-0.2, -0.15) is 0 Å². The first kappa shape index (κ1) is 32.7. The molecule has 0 N–H and O–H groups in total. The van der Waals surface area contributed by atoms with Gasteiger partial charge in [-0.05, 0) is 95.3 Å². The largest absolute Gasteiger partial charge is 0.268 e. The summed E-state index contributed by atoms with van der Waals surface area (Å²) in [6.45, 7) is 4.05. The zero-order chi connectivity index (χ0) is 37.1. The summed E-state index contributed by atoms with van der Waals surface area (Å²) in [5, 5.41) is 0. The van der Waals surface area contributed by atoms with Crippen molar-refractivity contribution in [3.63, 3.8) is 0 Å². The maximum atomic E-state index is 13.8. The van der Waals surface area contributed by atoms with Crippen molar-refractivity contribution in [1.82, 2.24) is 0 Å². The van der Waals surface area contributed by atoms with Gasteiger partial charge in [-0.3, -0.25) is 19.2 Å². The van der Waals surface area contributed by atoms with Crippen LogP contribution in [-0.2, 0) is 0 Å². The van der Waals surface area contributed by atoms with Crippen LogP contribution in [0.15, 0.2) is 158 Å². The molecule has 2 aliphatic rings. The molecule has 0 fully saturated rings. The number of hydrogen-bond acceptors (Lipinski definition) is 4. The minimum atomic E-state index is -0.349. The number of amides is 4. The molecule has 258 valence electrons. The van der Waals surface area contributed by atoms with Crippen LogP contribution >= 0.6 is 0 Å². The topological polar surface area (TPSA) is 74.8 Å². The molecule has 7 aromatic rings. The summed E-state index contributed by atoms with van der Waals surface area (Å²) in [6.07, 6.45) is 0. The molecule has 9 rings (SSSR count). The van der Waals surface area contributed by atoms with Gasteiger partial charge in [0.15, 0.2) is 0 Å². The average Bonchev–Trinajstić information content (AvgIpc) is 3.61. The number of nitrogens with zero attached hydrogens (tertiary/aromatic N) is 2. The van der Waals surface area contributed by atoms with Gasteiger partial charge in [-0.25, -0.2) is 9.80 Å². The van der Waals surface area contributed by atoms with Gasteiger partial charge in [0.05, 0.1) is 33.6 Å². The molecular formula is C48H32N2O4. The Morgan fingerprint density at radius 2 is 0.685 bits per heavy atom. The molecule has 54 heavy (non-hydrogen) atoms. The second-order valence-electron chi connectivity index (χ2n) is 13.8. The predicted octanol–water partition coefficient (Wildman–Crippen LogP) is 10.6. The second kappa shape index (κ2) is 12.8. The minimum absolute atomic E-state index is 0.342. The van der Waals surface area contributed by atoms with Crippen molar-refractivity contribution < 1.29 is 19.2 Å². The van der Waals surface area contributed by atoms with Crippen LogP contribution in [0.25, 0.3) is 44.5 Å². The Bertz CT molecular complexity index is 2680. The molecule has 0 unspecified atom stereocenters. The molecule has 2 aliphatic heterocycles. The Labute approximate surface area is 312 Å². The monoisotopic (exact) mass is 700 g/mol. The number of imide groups is 2. The van der Waals surface area contributed by atoms with Crippen molar-refractivity contribution in [3.8, 4) is 44.5 Å². The molecule has 0 bridgehead atoms. The van der Waals surface area contributed by atoms with E-state index in [9.17, 15) is 19.2 Å². The summed E-state index contributed by atoms with van der Waals surface area (Å²) in [5.74, 6) is -1.38. The highest BCUT2D eigenvalue weighted by atomic mass is 16.2. The summed E-state index contributed by atoms with van der Waals surface area (Å²) in [6, 6.07) is 49.7. The number of carbonyl (C=O) groups excluding carboxylic acids is 4. The first-order valence-electron chi connectivity index (χ1n) is 17.7. The Kier molecular flexibility index (Phi) is 7.75. The Balaban J connectivity index is 0.951. The predicted molar refractivity (Wildman–Crippen MR) is 213 cm³/mol. The van der Waals surface area contributed by atoms with E-state index in [1.54, 1.807) is 42.5 Å². The fraction of sp³-hybridized carbons (Fsp3) is 0.0417. The molecule has 0 saturated carbocycles. The number of anilines is 2. The van der Waals surface area contributed by atoms with E-state index in [1.807, 2.05) is 129 Å². The van der Waals surface area contributed by atoms with Crippen LogP contribution in [0.1, 0.15) is 52.6 Å². The van der Waals surface area contributed by atoms with Crippen LogP contribution in [0.4, 0.5) is 11.4 Å². The van der Waals surface area contributed by atoms with E-state index in [0.29, 0.717) is 33.6 Å². The Hall–Kier alpha value is -7.18. The van der Waals surface area contributed by atoms with Gasteiger partial charge < -0.3 is 0 Å². The highest BCUT2D eigenvalue weighted by Crippen LogP contribution is 2.39. The SMILES string of the molecule is Cc1ccc(-c2ccc3c(c2)C(=O)N(c2ccc(-c4ccc(-c5ccccc5N5C(=O)c6ccc(-c7ccc(C)cc7)cc6C5=O)cc4)cc2)C3=O)cc1. The number of carbonyl (C=O) groups is 4. The van der Waals surface area contributed by atoms with E-state index in [4.69, 9.17) is 0 Å². The molecule has 6 heteroatoms. The number of benzene rings is 7. The van der Waals surface area contributed by atoms with Gasteiger partial charge in [-0.1, -0.05) is 126 Å². The first-order valence-corrected chi connectivity index (χ1v) is 17.7. The lowest BCUT2D eigenvalue weighted by atomic mass is 9.98. The maximum absolute atomic E-state index is 13.8. The summed E-state index contributed by atoms with van der Waals surface area (Å²) in [5.41, 5.74) is 12.0. The van der Waals surface area contributed by atoms with E-state index in [1.165, 1.54) is 9.80 Å². The molecular weight excluding hydrogens is 669 g/mol. The van der Waals surface area contributed by atoms with Crippen LogP contribution < -0.4 is 9.80 Å². The number of rotatable bonds is 6. The van der Waals surface area contributed by atoms with Crippen LogP contribution in [-0.4, -0.2) is 23.6 Å². The van der Waals surface area contributed by atoms with E-state index >= 15 is 0 Å². The highest BCUT2D eigenvalue weighted by molar-refractivity contribution is 6.36. The van der Waals surface area contributed by atoms with Gasteiger partial charge in [0, 0.05) is 5.56 Å². The summed E-state index contributed by atoms with van der Waals surface area (Å²) < 4.78 is 0. The molecule has 4 amide bonds. The smallest absolute Gasteiger partial charge is 0.266 e. The molecule has 0 radical (unpaired) electrons. The van der Waals surface area contributed by atoms with Crippen LogP contribution in [0.3, 0.4) is 0 Å². The highest BCUT2D eigenvalue weighted by Gasteiger charge is 2.39. The zero-order valence-corrected chi connectivity index (χ0v) is 29.5. The molecule has 0 aliphatic carbocycles. The lowest BCUT2D eigenvalue weighted by Gasteiger charge is -2.18. The van der Waals surface area contributed by atoms with E-state index in [-0.39, 0.29) is 23.6 Å². The maximum Gasteiger partial charge on any atom is 0.266 e. The minimum Gasteiger partial charge on any atom is -0.268 e.